The fraction of sp³-hybridized carbons (Fsp3) is 1.00. The van der Waals surface area contributed by atoms with Crippen LogP contribution in [0.4, 0.5) is 0 Å². The molecule has 0 aromatic rings. The van der Waals surface area contributed by atoms with Crippen molar-refractivity contribution in [3.63, 3.8) is 0 Å². The van der Waals surface area contributed by atoms with Crippen LogP contribution in [0.5, 0.6) is 0 Å². The molecule has 0 unspecified atom stereocenters. The normalized spacial score (nSPS) is 11.2. The van der Waals surface area contributed by atoms with Crippen molar-refractivity contribution in [3.8, 4) is 0 Å². The summed E-state index contributed by atoms with van der Waals surface area (Å²) in [5.41, 5.74) is 0. The second kappa shape index (κ2) is 5.60. The van der Waals surface area contributed by atoms with Crippen LogP contribution in [0.3, 0.4) is 0 Å². The van der Waals surface area contributed by atoms with Gasteiger partial charge in [-0.25, -0.2) is 18.6 Å². The van der Waals surface area contributed by atoms with Crippen LogP contribution in [0, 0.1) is 0 Å². The van der Waals surface area contributed by atoms with Gasteiger partial charge in [0.25, 0.3) is 0 Å². The van der Waals surface area contributed by atoms with Gasteiger partial charge < -0.3 is 4.84 Å². The molecule has 0 radical (unpaired) electrons. The first-order valence-corrected chi connectivity index (χ1v) is 3.98. The molecule has 0 amide bonds. The summed E-state index contributed by atoms with van der Waals surface area (Å²) in [7, 11) is -0.939. The van der Waals surface area contributed by atoms with Crippen molar-refractivity contribution in [2.75, 3.05) is 20.2 Å². The van der Waals surface area contributed by atoms with E-state index in [1.807, 2.05) is 0 Å². The maximum absolute atomic E-state index is 10.2. The van der Waals surface area contributed by atoms with E-state index < -0.39 is 10.9 Å². The average Bonchev–Trinajstić information content (AvgIpc) is 1.88. The van der Waals surface area contributed by atoms with Crippen LogP contribution in [0.1, 0.15) is 6.42 Å². The van der Waals surface area contributed by atoms with Crippen molar-refractivity contribution in [3.05, 3.63) is 0 Å². The Labute approximate surface area is 61.8 Å². The number of nitrogens with zero attached hydrogens (tertiary/aromatic N) is 1. The lowest BCUT2D eigenvalue weighted by atomic mass is 10.5. The Morgan fingerprint density at radius 2 is 2.20 bits per heavy atom. The molecule has 0 atom stereocenters. The van der Waals surface area contributed by atoms with Crippen LogP contribution in [-0.2, 0) is 15.7 Å². The predicted octanol–water partition coefficient (Wildman–Crippen LogP) is -1.27. The number of thiol groups is 1. The van der Waals surface area contributed by atoms with Crippen LogP contribution in [0.2, 0.25) is 0 Å². The van der Waals surface area contributed by atoms with Gasteiger partial charge in [-0.2, -0.15) is 0 Å². The lowest BCUT2D eigenvalue weighted by molar-refractivity contribution is 0.132. The maximum atomic E-state index is 10.2. The highest BCUT2D eigenvalue weighted by atomic mass is 32.2. The SMILES string of the molecule is CN(CCCON)[SH](=O)=O. The van der Waals surface area contributed by atoms with Gasteiger partial charge in [-0.05, 0) is 6.42 Å². The van der Waals surface area contributed by atoms with E-state index in [1.54, 1.807) is 0 Å². The van der Waals surface area contributed by atoms with Crippen molar-refractivity contribution in [2.24, 2.45) is 5.90 Å². The van der Waals surface area contributed by atoms with Gasteiger partial charge in [-0.15, -0.1) is 0 Å². The molecule has 0 fully saturated rings. The quantitative estimate of drug-likeness (QED) is 0.305. The monoisotopic (exact) mass is 168 g/mol. The van der Waals surface area contributed by atoms with E-state index in [2.05, 4.69) is 4.84 Å². The molecule has 0 aromatic carbocycles. The summed E-state index contributed by atoms with van der Waals surface area (Å²) in [6.07, 6.45) is 0.621. The van der Waals surface area contributed by atoms with E-state index in [4.69, 9.17) is 5.90 Å². The summed E-state index contributed by atoms with van der Waals surface area (Å²) in [5.74, 6) is 4.72. The zero-order valence-corrected chi connectivity index (χ0v) is 6.71. The molecular formula is C4H12N2O3S. The molecule has 0 aliphatic rings. The first-order valence-electron chi connectivity index (χ1n) is 2.85. The predicted molar refractivity (Wildman–Crippen MR) is 37.7 cm³/mol. The van der Waals surface area contributed by atoms with Crippen LogP contribution in [-0.4, -0.2) is 32.9 Å². The maximum Gasteiger partial charge on any atom is 0.203 e. The van der Waals surface area contributed by atoms with Crippen molar-refractivity contribution >= 4 is 10.9 Å². The standard InChI is InChI=1S/C4H12N2O3S/c1-6(10(7)8)3-2-4-9-5/h10H,2-5H2,1H3. The zero-order chi connectivity index (χ0) is 7.98. The van der Waals surface area contributed by atoms with Gasteiger partial charge in [-0.1, -0.05) is 0 Å². The van der Waals surface area contributed by atoms with Gasteiger partial charge in [0.15, 0.2) is 0 Å². The first-order chi connectivity index (χ1) is 4.68. The van der Waals surface area contributed by atoms with Crippen LogP contribution in [0.15, 0.2) is 0 Å². The minimum absolute atomic E-state index is 0.382. The second-order valence-electron chi connectivity index (χ2n) is 1.84. The number of rotatable bonds is 5. The molecule has 62 valence electrons. The van der Waals surface area contributed by atoms with Crippen LogP contribution < -0.4 is 5.90 Å². The Bertz CT molecular complexity index is 139. The molecule has 0 heterocycles. The molecule has 2 N–H and O–H groups in total. The van der Waals surface area contributed by atoms with Gasteiger partial charge in [0.05, 0.1) is 6.61 Å². The van der Waals surface area contributed by atoms with Gasteiger partial charge in [-0.3, -0.25) is 0 Å². The van der Waals surface area contributed by atoms with Gasteiger partial charge in [0.2, 0.25) is 10.9 Å². The summed E-state index contributed by atoms with van der Waals surface area (Å²) in [6.45, 7) is 0.837. The third kappa shape index (κ3) is 4.68. The molecule has 0 saturated heterocycles. The molecule has 5 nitrogen and oxygen atoms in total. The summed E-state index contributed by atoms with van der Waals surface area (Å²) < 4.78 is 21.6. The van der Waals surface area contributed by atoms with Crippen LogP contribution in [0.25, 0.3) is 0 Å². The highest BCUT2D eigenvalue weighted by Crippen LogP contribution is 1.85. The highest BCUT2D eigenvalue weighted by molar-refractivity contribution is 7.69. The van der Waals surface area contributed by atoms with E-state index in [9.17, 15) is 8.42 Å². The Hall–Kier alpha value is -0.170. The Balaban J connectivity index is 3.30. The lowest BCUT2D eigenvalue weighted by Gasteiger charge is -2.05. The van der Waals surface area contributed by atoms with Crippen molar-refractivity contribution < 1.29 is 13.3 Å². The smallest absolute Gasteiger partial charge is 0.203 e. The lowest BCUT2D eigenvalue weighted by Crippen LogP contribution is -2.19. The number of hydrogen-bond donors (Lipinski definition) is 2. The fourth-order valence-electron chi connectivity index (χ4n) is 0.458. The third-order valence-corrected chi connectivity index (χ3v) is 1.78. The molecule has 0 bridgehead atoms. The van der Waals surface area contributed by atoms with Gasteiger partial charge >= 0.3 is 0 Å². The Kier molecular flexibility index (Phi) is 5.51. The molecule has 0 aromatic heterocycles. The highest BCUT2D eigenvalue weighted by Gasteiger charge is 1.96. The number of hydrogen-bond acceptors (Lipinski definition) is 4. The summed E-state index contributed by atoms with van der Waals surface area (Å²) in [6, 6.07) is 0. The van der Waals surface area contributed by atoms with Crippen molar-refractivity contribution in [1.29, 1.82) is 0 Å². The van der Waals surface area contributed by atoms with E-state index in [0.29, 0.717) is 19.6 Å². The molecule has 6 heteroatoms. The zero-order valence-electron chi connectivity index (χ0n) is 5.82. The van der Waals surface area contributed by atoms with E-state index in [1.165, 1.54) is 11.4 Å². The summed E-state index contributed by atoms with van der Waals surface area (Å²) in [5, 5.41) is 0. The van der Waals surface area contributed by atoms with Crippen molar-refractivity contribution in [2.45, 2.75) is 6.42 Å². The molecule has 0 spiro atoms. The van der Waals surface area contributed by atoms with Gasteiger partial charge in [0.1, 0.15) is 0 Å². The van der Waals surface area contributed by atoms with E-state index in [-0.39, 0.29) is 0 Å². The Morgan fingerprint density at radius 3 is 2.60 bits per heavy atom. The Morgan fingerprint density at radius 1 is 1.60 bits per heavy atom. The molecule has 0 saturated carbocycles. The summed E-state index contributed by atoms with van der Waals surface area (Å²) >= 11 is 0. The minimum Gasteiger partial charge on any atom is -0.305 e. The third-order valence-electron chi connectivity index (χ3n) is 1.02. The van der Waals surface area contributed by atoms with Crippen LogP contribution >= 0.6 is 0 Å². The van der Waals surface area contributed by atoms with E-state index >= 15 is 0 Å². The number of nitrogens with two attached hydrogens (primary N) is 1. The molecule has 0 rings (SSSR count). The van der Waals surface area contributed by atoms with Crippen molar-refractivity contribution in [1.82, 2.24) is 4.31 Å². The largest absolute Gasteiger partial charge is 0.305 e. The fourth-order valence-corrected chi connectivity index (χ4v) is 0.763. The topological polar surface area (TPSA) is 72.6 Å². The molecular weight excluding hydrogens is 156 g/mol. The average molecular weight is 168 g/mol. The minimum atomic E-state index is -2.44. The molecule has 0 aliphatic carbocycles. The first kappa shape index (κ1) is 9.83. The van der Waals surface area contributed by atoms with E-state index in [0.717, 1.165) is 0 Å². The molecule has 0 aliphatic heterocycles. The molecule has 10 heavy (non-hydrogen) atoms. The van der Waals surface area contributed by atoms with Gasteiger partial charge in [0, 0.05) is 13.6 Å². The summed E-state index contributed by atoms with van der Waals surface area (Å²) in [4.78, 5) is 4.25. The second-order valence-corrected chi connectivity index (χ2v) is 3.00.